The van der Waals surface area contributed by atoms with Gasteiger partial charge >= 0.3 is 0 Å². The number of piperidine rings is 1. The van der Waals surface area contributed by atoms with Crippen LogP contribution in [-0.4, -0.2) is 54.0 Å². The maximum Gasteiger partial charge on any atom is 0.275 e. The molecule has 3 aromatic heterocycles. The van der Waals surface area contributed by atoms with Crippen molar-refractivity contribution in [2.75, 3.05) is 0 Å². The van der Waals surface area contributed by atoms with E-state index in [4.69, 9.17) is 16.3 Å². The lowest BCUT2D eigenvalue weighted by Gasteiger charge is -2.37. The van der Waals surface area contributed by atoms with E-state index in [0.717, 1.165) is 18.5 Å². The summed E-state index contributed by atoms with van der Waals surface area (Å²) in [5.41, 5.74) is 1.70. The van der Waals surface area contributed by atoms with Gasteiger partial charge in [0.25, 0.3) is 5.91 Å². The van der Waals surface area contributed by atoms with Crippen LogP contribution in [0.5, 0.6) is 5.88 Å². The zero-order valence-electron chi connectivity index (χ0n) is 16.6. The Hall–Kier alpha value is -3.00. The van der Waals surface area contributed by atoms with Crippen LogP contribution in [-0.2, 0) is 0 Å². The number of hydrogen-bond donors (Lipinski definition) is 0. The predicted molar refractivity (Wildman–Crippen MR) is 110 cm³/mol. The number of halogens is 1. The lowest BCUT2D eigenvalue weighted by molar-refractivity contribution is 0.0309. The van der Waals surface area contributed by atoms with Crippen molar-refractivity contribution in [3.8, 4) is 11.6 Å². The first-order chi connectivity index (χ1) is 14.5. The summed E-state index contributed by atoms with van der Waals surface area (Å²) in [4.78, 5) is 25.8. The molecule has 2 fully saturated rings. The average molecular weight is 425 g/mol. The van der Waals surface area contributed by atoms with Crippen LogP contribution < -0.4 is 4.74 Å². The number of hydrogen-bond acceptors (Lipinski definition) is 6. The van der Waals surface area contributed by atoms with Gasteiger partial charge in [-0.2, -0.15) is 10.2 Å². The average Bonchev–Trinajstić information content (AvgIpc) is 3.46. The Morgan fingerprint density at radius 1 is 1.17 bits per heavy atom. The number of ether oxygens (including phenoxy) is 1. The molecule has 1 aliphatic carbocycles. The minimum absolute atomic E-state index is 0.0317. The van der Waals surface area contributed by atoms with Crippen molar-refractivity contribution in [2.24, 2.45) is 5.92 Å². The minimum Gasteiger partial charge on any atom is -0.472 e. The molecular weight excluding hydrogens is 404 g/mol. The number of rotatable bonds is 4. The fraction of sp³-hybridized carbons (Fsp3) is 0.381. The molecule has 3 aromatic rings. The van der Waals surface area contributed by atoms with E-state index in [-0.39, 0.29) is 24.1 Å². The van der Waals surface area contributed by atoms with Gasteiger partial charge in [-0.15, -0.1) is 4.80 Å². The molecule has 1 saturated heterocycles. The summed E-state index contributed by atoms with van der Waals surface area (Å²) in [6.45, 7) is 3.97. The molecule has 8 nitrogen and oxygen atoms in total. The van der Waals surface area contributed by atoms with E-state index >= 15 is 0 Å². The second-order valence-electron chi connectivity index (χ2n) is 7.86. The first-order valence-corrected chi connectivity index (χ1v) is 10.3. The van der Waals surface area contributed by atoms with E-state index < -0.39 is 0 Å². The Bertz CT molecular complexity index is 1070. The number of fused-ring (bicyclic) bond motifs is 2. The molecule has 4 heterocycles. The van der Waals surface area contributed by atoms with Crippen molar-refractivity contribution in [2.45, 2.75) is 44.9 Å². The van der Waals surface area contributed by atoms with Gasteiger partial charge in [0.1, 0.15) is 11.8 Å². The van der Waals surface area contributed by atoms with Crippen LogP contribution in [0.1, 0.15) is 35.9 Å². The second kappa shape index (κ2) is 7.36. The lowest BCUT2D eigenvalue weighted by atomic mass is 9.98. The van der Waals surface area contributed by atoms with Crippen LogP contribution in [0.15, 0.2) is 42.9 Å². The Morgan fingerprint density at radius 2 is 1.97 bits per heavy atom. The minimum atomic E-state index is -0.122. The maximum atomic E-state index is 13.7. The smallest absolute Gasteiger partial charge is 0.275 e. The third kappa shape index (κ3) is 3.21. The van der Waals surface area contributed by atoms with Crippen molar-refractivity contribution in [3.63, 3.8) is 0 Å². The van der Waals surface area contributed by atoms with Crippen LogP contribution in [0.2, 0.25) is 5.02 Å². The molecule has 4 atom stereocenters. The molecule has 0 unspecified atom stereocenters. The van der Waals surface area contributed by atoms with E-state index in [2.05, 4.69) is 27.1 Å². The summed E-state index contributed by atoms with van der Waals surface area (Å²) in [6, 6.07) is 7.28. The standard InChI is InChI=1S/C21H21ClN6O2/c1-12-3-5-16(28-24-7-8-25-28)20(26-12)21(29)27-13(2)14-9-17(27)18(10-14)30-19-6-4-15(22)11-23-19/h3-8,11,13-14,17-18H,9-10H2,1-2H3/t13-,14-,17+,18-/m1/s1. The SMILES string of the molecule is Cc1ccc(-n2nccn2)c(C(=O)N2[C@H](C)[C@H]3C[C@@H](Oc4ccc(Cl)cn4)[C@@H]2C3)n1. The Kier molecular flexibility index (Phi) is 4.66. The van der Waals surface area contributed by atoms with Gasteiger partial charge < -0.3 is 9.64 Å². The van der Waals surface area contributed by atoms with E-state index in [1.807, 2.05) is 24.0 Å². The van der Waals surface area contributed by atoms with Gasteiger partial charge in [0.2, 0.25) is 5.88 Å². The van der Waals surface area contributed by atoms with Crippen molar-refractivity contribution in [1.29, 1.82) is 0 Å². The van der Waals surface area contributed by atoms with Gasteiger partial charge in [0.05, 0.1) is 23.5 Å². The third-order valence-electron chi connectivity index (χ3n) is 6.04. The van der Waals surface area contributed by atoms with Gasteiger partial charge in [-0.3, -0.25) is 4.79 Å². The normalized spacial score (nSPS) is 25.0. The largest absolute Gasteiger partial charge is 0.472 e. The van der Waals surface area contributed by atoms with Gasteiger partial charge in [-0.1, -0.05) is 11.6 Å². The highest BCUT2D eigenvalue weighted by molar-refractivity contribution is 6.30. The molecule has 0 radical (unpaired) electrons. The van der Waals surface area contributed by atoms with Crippen LogP contribution in [0.4, 0.5) is 0 Å². The van der Waals surface area contributed by atoms with Crippen molar-refractivity contribution in [1.82, 2.24) is 29.9 Å². The number of pyridine rings is 2. The molecule has 154 valence electrons. The van der Waals surface area contributed by atoms with Gasteiger partial charge in [-0.05, 0) is 50.8 Å². The zero-order chi connectivity index (χ0) is 20.8. The summed E-state index contributed by atoms with van der Waals surface area (Å²) in [6.07, 6.45) is 6.42. The molecule has 2 bridgehead atoms. The fourth-order valence-corrected chi connectivity index (χ4v) is 4.72. The molecule has 0 spiro atoms. The molecule has 0 aromatic carbocycles. The molecular formula is C21H21ClN6O2. The monoisotopic (exact) mass is 424 g/mol. The Morgan fingerprint density at radius 3 is 2.67 bits per heavy atom. The first kappa shape index (κ1) is 19.0. The number of likely N-dealkylation sites (tertiary alicyclic amines) is 1. The number of aryl methyl sites for hydroxylation is 1. The van der Waals surface area contributed by atoms with Gasteiger partial charge in [0.15, 0.2) is 5.69 Å². The summed E-state index contributed by atoms with van der Waals surface area (Å²) in [5.74, 6) is 0.780. The van der Waals surface area contributed by atoms with Crippen molar-refractivity contribution >= 4 is 17.5 Å². The van der Waals surface area contributed by atoms with Gasteiger partial charge in [-0.25, -0.2) is 9.97 Å². The number of aromatic nitrogens is 5. The lowest BCUT2D eigenvalue weighted by Crippen LogP contribution is -2.51. The quantitative estimate of drug-likeness (QED) is 0.639. The highest BCUT2D eigenvalue weighted by Gasteiger charge is 2.53. The van der Waals surface area contributed by atoms with Gasteiger partial charge in [0, 0.05) is 24.0 Å². The Labute approximate surface area is 178 Å². The summed E-state index contributed by atoms with van der Waals surface area (Å²) >= 11 is 5.92. The summed E-state index contributed by atoms with van der Waals surface area (Å²) in [7, 11) is 0. The van der Waals surface area contributed by atoms with E-state index in [9.17, 15) is 4.79 Å². The number of nitrogens with zero attached hydrogens (tertiary/aromatic N) is 6. The van der Waals surface area contributed by atoms with Crippen LogP contribution in [0, 0.1) is 12.8 Å². The second-order valence-corrected chi connectivity index (χ2v) is 8.30. The molecule has 1 saturated carbocycles. The van der Waals surface area contributed by atoms with E-state index in [1.165, 1.54) is 4.80 Å². The molecule has 0 N–H and O–H groups in total. The first-order valence-electron chi connectivity index (χ1n) is 9.96. The van der Waals surface area contributed by atoms with Crippen molar-refractivity contribution < 1.29 is 9.53 Å². The molecule has 30 heavy (non-hydrogen) atoms. The fourth-order valence-electron chi connectivity index (χ4n) is 4.61. The topological polar surface area (TPSA) is 86.0 Å². The van der Waals surface area contributed by atoms with Crippen LogP contribution >= 0.6 is 11.6 Å². The highest BCUT2D eigenvalue weighted by Crippen LogP contribution is 2.44. The third-order valence-corrected chi connectivity index (χ3v) is 6.27. The zero-order valence-corrected chi connectivity index (χ0v) is 17.4. The van der Waals surface area contributed by atoms with E-state index in [0.29, 0.717) is 28.2 Å². The molecule has 1 aliphatic heterocycles. The molecule has 1 amide bonds. The Balaban J connectivity index is 1.45. The van der Waals surface area contributed by atoms with E-state index in [1.54, 1.807) is 30.7 Å². The van der Waals surface area contributed by atoms with Crippen molar-refractivity contribution in [3.05, 3.63) is 59.3 Å². The molecule has 5 rings (SSSR count). The molecule has 2 aliphatic rings. The number of carbonyl (C=O) groups is 1. The number of amides is 1. The number of carbonyl (C=O) groups excluding carboxylic acids is 1. The maximum absolute atomic E-state index is 13.7. The molecule has 9 heteroatoms. The highest BCUT2D eigenvalue weighted by atomic mass is 35.5. The van der Waals surface area contributed by atoms with Crippen LogP contribution in [0.3, 0.4) is 0 Å². The van der Waals surface area contributed by atoms with Crippen LogP contribution in [0.25, 0.3) is 5.69 Å². The predicted octanol–water partition coefficient (Wildman–Crippen LogP) is 3.09. The summed E-state index contributed by atoms with van der Waals surface area (Å²) in [5, 5.41) is 8.92. The summed E-state index contributed by atoms with van der Waals surface area (Å²) < 4.78 is 6.14.